The van der Waals surface area contributed by atoms with Crippen LogP contribution in [-0.2, 0) is 95.1 Å². The number of aliphatic hydroxyl groups excluding tert-OH is 2. The molecule has 2 amide bonds. The second-order valence-electron chi connectivity index (χ2n) is 33.9. The van der Waals surface area contributed by atoms with Crippen molar-refractivity contribution < 1.29 is 125 Å². The van der Waals surface area contributed by atoms with Crippen molar-refractivity contribution in [3.63, 3.8) is 0 Å². The predicted molar refractivity (Wildman–Crippen MR) is 407 cm³/mol. The molecule has 28 heteroatoms. The lowest BCUT2D eigenvalue weighted by Crippen LogP contribution is -2.58. The van der Waals surface area contributed by atoms with Crippen LogP contribution in [0.4, 0.5) is 9.59 Å². The molecule has 0 aromatic carbocycles. The third-order valence-electron chi connectivity index (χ3n) is 24.7. The van der Waals surface area contributed by atoms with E-state index in [1.165, 1.54) is 14.2 Å². The van der Waals surface area contributed by atoms with Crippen LogP contribution in [0.3, 0.4) is 0 Å². The number of hydrogen-bond donors (Lipinski definition) is 6. The minimum absolute atomic E-state index is 0.0260. The van der Waals surface area contributed by atoms with Gasteiger partial charge in [-0.2, -0.15) is 11.0 Å². The van der Waals surface area contributed by atoms with Gasteiger partial charge in [-0.15, -0.1) is 0 Å². The van der Waals surface area contributed by atoms with Crippen LogP contribution >= 0.6 is 0 Å². The number of methoxy groups -OCH3 is 2. The Kier molecular flexibility index (Phi) is 28.0. The van der Waals surface area contributed by atoms with Crippen molar-refractivity contribution >= 4 is 24.1 Å². The first-order valence-electron chi connectivity index (χ1n) is 40.6. The number of nitrogens with one attached hydrogen (secondary N) is 2. The van der Waals surface area contributed by atoms with Crippen LogP contribution in [-0.4, -0.2) is 230 Å². The fraction of sp³-hybridized carbons (Fsp3) is 0.718. The number of hydroxylamine groups is 2. The maximum Gasteiger partial charge on any atom is 0.431 e. The monoisotopic (exact) mass is 1590 g/mol. The first-order valence-corrected chi connectivity index (χ1v) is 40.6. The van der Waals surface area contributed by atoms with Crippen molar-refractivity contribution in [1.29, 1.82) is 0 Å². The second-order valence-corrected chi connectivity index (χ2v) is 33.9. The topological polar surface area (TPSA) is 339 Å². The van der Waals surface area contributed by atoms with E-state index in [0.29, 0.717) is 48.0 Å². The van der Waals surface area contributed by atoms with Crippen LogP contribution < -0.4 is 11.0 Å². The van der Waals surface area contributed by atoms with Gasteiger partial charge in [0.05, 0.1) is 87.5 Å². The Morgan fingerprint density at radius 3 is 1.32 bits per heavy atom. The molecular formula is C85H122N2O26. The van der Waals surface area contributed by atoms with Crippen LogP contribution in [0.1, 0.15) is 155 Å². The molecule has 12 aliphatic rings. The zero-order chi connectivity index (χ0) is 81.2. The molecule has 12 rings (SSSR count). The molecule has 30 atom stereocenters. The Balaban J connectivity index is 0.626. The van der Waals surface area contributed by atoms with Gasteiger partial charge in [-0.05, 0) is 112 Å². The number of carbonyl (C=O) groups is 4. The van der Waals surface area contributed by atoms with Gasteiger partial charge in [0.1, 0.15) is 71.9 Å². The molecular weight excluding hydrogens is 1460 g/mol. The molecule has 0 aromatic heterocycles. The van der Waals surface area contributed by atoms with Gasteiger partial charge < -0.3 is 96.2 Å². The van der Waals surface area contributed by atoms with Crippen molar-refractivity contribution in [2.24, 2.45) is 47.3 Å². The number of amides is 2. The highest BCUT2D eigenvalue weighted by Crippen LogP contribution is 2.50. The number of allylic oxidation sites excluding steroid dienone is 4. The smallest absolute Gasteiger partial charge is 0.431 e. The summed E-state index contributed by atoms with van der Waals surface area (Å²) in [5.41, 5.74) is 4.48. The zero-order valence-electron chi connectivity index (χ0n) is 68.2. The number of carbonyl (C=O) groups excluding carboxylic acids is 4. The lowest BCUT2D eigenvalue weighted by Gasteiger charge is -2.48. The van der Waals surface area contributed by atoms with Crippen LogP contribution in [0.5, 0.6) is 0 Å². The maximum absolute atomic E-state index is 14.5. The second kappa shape index (κ2) is 36.6. The van der Waals surface area contributed by atoms with Gasteiger partial charge in [0.2, 0.25) is 0 Å². The van der Waals surface area contributed by atoms with E-state index >= 15 is 0 Å². The molecule has 6 fully saturated rings. The van der Waals surface area contributed by atoms with Crippen LogP contribution in [0.15, 0.2) is 119 Å². The summed E-state index contributed by atoms with van der Waals surface area (Å²) in [7, 11) is 3.06. The number of ether oxygens (including phenoxy) is 16. The van der Waals surface area contributed by atoms with Gasteiger partial charge in [-0.3, -0.25) is 19.3 Å². The van der Waals surface area contributed by atoms with E-state index in [1.807, 2.05) is 52.0 Å². The highest BCUT2D eigenvalue weighted by molar-refractivity contribution is 5.79. The Hall–Kier alpha value is -5.84. The molecule has 4 bridgehead atoms. The molecule has 2 aliphatic carbocycles. The molecule has 0 radical (unpaired) electrons. The van der Waals surface area contributed by atoms with Crippen molar-refractivity contribution in [2.75, 3.05) is 40.6 Å². The van der Waals surface area contributed by atoms with Crippen molar-refractivity contribution in [1.82, 2.24) is 11.0 Å². The third kappa shape index (κ3) is 19.0. The number of aliphatic hydroxyl groups is 4. The van der Waals surface area contributed by atoms with Crippen LogP contribution in [0.25, 0.3) is 0 Å². The molecule has 6 saturated heterocycles. The van der Waals surface area contributed by atoms with Gasteiger partial charge in [-0.1, -0.05) is 128 Å². The van der Waals surface area contributed by atoms with Crippen molar-refractivity contribution in [3.05, 3.63) is 119 Å². The average molecular weight is 1590 g/mol. The summed E-state index contributed by atoms with van der Waals surface area (Å²) in [6.45, 7) is 27.2. The predicted octanol–water partition coefficient (Wildman–Crippen LogP) is 9.64. The van der Waals surface area contributed by atoms with Gasteiger partial charge in [0, 0.05) is 82.8 Å². The number of fused-ring (bicyclic) bond motifs is 4. The minimum atomic E-state index is -1.90. The summed E-state index contributed by atoms with van der Waals surface area (Å²) in [4.78, 5) is 66.9. The van der Waals surface area contributed by atoms with Crippen LogP contribution in [0.2, 0.25) is 0 Å². The highest BCUT2D eigenvalue weighted by Gasteiger charge is 2.62. The van der Waals surface area contributed by atoms with E-state index in [2.05, 4.69) is 76.8 Å². The Morgan fingerprint density at radius 2 is 0.938 bits per heavy atom. The molecule has 0 unspecified atom stereocenters. The molecule has 628 valence electrons. The van der Waals surface area contributed by atoms with Crippen molar-refractivity contribution in [2.45, 2.75) is 300 Å². The van der Waals surface area contributed by atoms with Gasteiger partial charge >= 0.3 is 24.1 Å². The Labute approximate surface area is 663 Å². The van der Waals surface area contributed by atoms with Crippen LogP contribution in [0, 0.1) is 47.3 Å². The lowest BCUT2D eigenvalue weighted by molar-refractivity contribution is -0.300. The van der Waals surface area contributed by atoms with Crippen molar-refractivity contribution in [3.8, 4) is 0 Å². The van der Waals surface area contributed by atoms with Gasteiger partial charge in [0.25, 0.3) is 0 Å². The molecule has 6 N–H and O–H groups in total. The largest absolute Gasteiger partial charge is 0.462 e. The fourth-order valence-electron chi connectivity index (χ4n) is 18.5. The van der Waals surface area contributed by atoms with Gasteiger partial charge in [-0.25, -0.2) is 9.59 Å². The quantitative estimate of drug-likeness (QED) is 0.0275. The first-order chi connectivity index (χ1) is 53.8. The summed E-state index contributed by atoms with van der Waals surface area (Å²) in [5.74, 6) is -6.00. The SMILES string of the molecule is CO[C@H]1C[C@H](O[C@@H]2/C(C)=C/C[C@@H]3C[C@@H](C[C@]4(C=C[C@H](C)[C@@H](C(C)C)O4)O3)OC(=O)[C@@H]3C=C(C)[C@@H](O)[C@H]4OC/C(=C\C=C\[C@@H]2C)[C@]43O)O[C@@H](C)[C@@H]1ONC(=O)OCCCOC(=O)NO[C@H]1[C@H](C)O[C@@H](O[C@@H]2/C(C)=C/C[C@@H]3C[C@@H](C[C@]4(C=C[C@H](C)[C@@H](C(C)C)O4)O3)OC(=O)[C@@H]3C=C(C)[C@@H](O)[C@H]4OC/C(=C\C=C\[C@@H]2C)[C@]43O)C[C@@H]1OC. The first kappa shape index (κ1) is 86.5. The van der Waals surface area contributed by atoms with E-state index in [4.69, 9.17) is 85.5 Å². The fourth-order valence-corrected chi connectivity index (χ4v) is 18.5. The Morgan fingerprint density at radius 1 is 0.540 bits per heavy atom. The molecule has 10 aliphatic heterocycles. The van der Waals surface area contributed by atoms with Gasteiger partial charge in [0.15, 0.2) is 24.2 Å². The highest BCUT2D eigenvalue weighted by atomic mass is 16.8. The summed E-state index contributed by atoms with van der Waals surface area (Å²) < 4.78 is 102. The maximum atomic E-state index is 14.5. The summed E-state index contributed by atoms with van der Waals surface area (Å²) in [6, 6.07) is 0. The Bertz CT molecular complexity index is 3460. The number of hydrogen-bond acceptors (Lipinski definition) is 26. The van der Waals surface area contributed by atoms with E-state index in [9.17, 15) is 39.6 Å². The standard InChI is InChI=1S/C85H122N2O26/c1-44(2)70-50(9)28-30-82(110-70)40-60-36-58(108-82)26-24-48(7)72(46(5)20-17-22-56-42-100-76-68(88)52(11)34-62(78(90)104-60)84(56,76)94)106-66-38-64(96-15)74(54(13)102-66)112-86-80(92)98-32-19-33-99-81(93)87-113-75-55(14)103-67(39-65(75)97-16)107-73-47(6)21-18-23-57-43-101-77-69(89)53(12)35-63(85(57,77)95)79(91)105-61-37-59(27-25-49(73)8)109-83(41-61)31-29-51(10)71(111-83)45(3)4/h17-18,20-25,28-31,34-35,44-47,50-51,54-55,58-77,88-89,94-95H,19,26-27,32-33,36-43H2,1-16H3,(H,86,92)(H,87,93)/b20-17+,21-18+,48-24+,49-25+,56-22+,57-23+/t46-,47-,50-,51-,54-,55-,58+,59+,60-,61-,62-,63-,64-,65-,66-,67-,68+,69+,70+,71+,72-,73-,74-,75-,76+,77+,82+,83+,84+,85+/m0/s1. The normalized spacial score (nSPS) is 45.3. The van der Waals surface area contributed by atoms with E-state index < -0.39 is 169 Å². The molecule has 0 aromatic rings. The summed E-state index contributed by atoms with van der Waals surface area (Å²) in [6.07, 6.45) is 13.1. The minimum Gasteiger partial charge on any atom is -0.462 e. The third-order valence-corrected chi connectivity index (χ3v) is 24.7. The lowest BCUT2D eigenvalue weighted by atomic mass is 9.71. The molecule has 0 saturated carbocycles. The van der Waals surface area contributed by atoms with E-state index in [0.717, 1.165) is 11.1 Å². The summed E-state index contributed by atoms with van der Waals surface area (Å²) >= 11 is 0. The molecule has 2 spiro atoms. The average Bonchev–Trinajstić information content (AvgIpc) is 1.61. The summed E-state index contributed by atoms with van der Waals surface area (Å²) in [5, 5.41) is 47.9. The number of esters is 2. The van der Waals surface area contributed by atoms with E-state index in [1.54, 1.807) is 64.2 Å². The number of rotatable bonds is 16. The molecule has 28 nitrogen and oxygen atoms in total. The molecule has 113 heavy (non-hydrogen) atoms. The zero-order valence-corrected chi connectivity index (χ0v) is 68.2. The molecule has 10 heterocycles. The van der Waals surface area contributed by atoms with E-state index in [-0.39, 0.29) is 106 Å².